The summed E-state index contributed by atoms with van der Waals surface area (Å²) < 4.78 is 49.9. The molecule has 4 rings (SSSR count). The number of fused-ring (bicyclic) bond motifs is 1. The van der Waals surface area contributed by atoms with Crippen LogP contribution < -0.4 is 15.5 Å². The van der Waals surface area contributed by atoms with Gasteiger partial charge >= 0.3 is 6.18 Å². The molecular formula is C27H25F3N2O3S. The predicted octanol–water partition coefficient (Wildman–Crippen LogP) is 7.16. The maximum Gasteiger partial charge on any atom is 0.416 e. The summed E-state index contributed by atoms with van der Waals surface area (Å²) >= 11 is 1.59. The summed E-state index contributed by atoms with van der Waals surface area (Å²) in [6.45, 7) is 0.795. The Kier molecular flexibility index (Phi) is 8.53. The Hall–Kier alpha value is -3.46. The first-order valence-corrected chi connectivity index (χ1v) is 12.5. The Morgan fingerprint density at radius 3 is 2.61 bits per heavy atom. The van der Waals surface area contributed by atoms with Crippen molar-refractivity contribution >= 4 is 28.4 Å². The summed E-state index contributed by atoms with van der Waals surface area (Å²) in [5.74, 6) is 1.52. The van der Waals surface area contributed by atoms with Gasteiger partial charge in [0.15, 0.2) is 0 Å². The number of para-hydroxylation sites is 1. The highest BCUT2D eigenvalue weighted by molar-refractivity contribution is 7.99. The SMILES string of the molecule is O=c1cc(CNc2ccccc2)occ1OCCCCCSc1ccnc2cc(C(F)(F)F)ccc12. The maximum atomic E-state index is 12.9. The van der Waals surface area contributed by atoms with Crippen molar-refractivity contribution in [3.63, 3.8) is 0 Å². The van der Waals surface area contributed by atoms with Crippen LogP contribution in [0.15, 0.2) is 87.2 Å². The molecule has 0 fully saturated rings. The number of benzene rings is 2. The van der Waals surface area contributed by atoms with Gasteiger partial charge in [-0.2, -0.15) is 13.2 Å². The number of hydrogen-bond donors (Lipinski definition) is 1. The molecule has 1 N–H and O–H groups in total. The minimum Gasteiger partial charge on any atom is -0.487 e. The molecule has 0 spiro atoms. The van der Waals surface area contributed by atoms with Crippen LogP contribution in [0.1, 0.15) is 30.6 Å². The zero-order chi connectivity index (χ0) is 25.4. The third-order valence-electron chi connectivity index (χ3n) is 5.43. The van der Waals surface area contributed by atoms with Crippen molar-refractivity contribution in [2.45, 2.75) is 36.9 Å². The molecule has 0 bridgehead atoms. The van der Waals surface area contributed by atoms with Gasteiger partial charge in [-0.3, -0.25) is 9.78 Å². The topological polar surface area (TPSA) is 64.4 Å². The average Bonchev–Trinajstić information content (AvgIpc) is 2.87. The second-order valence-electron chi connectivity index (χ2n) is 8.09. The number of halogens is 3. The number of unbranched alkanes of at least 4 members (excludes halogenated alkanes) is 2. The van der Waals surface area contributed by atoms with Crippen LogP contribution in [0.2, 0.25) is 0 Å². The highest BCUT2D eigenvalue weighted by Crippen LogP contribution is 2.34. The normalized spacial score (nSPS) is 11.5. The van der Waals surface area contributed by atoms with E-state index in [1.54, 1.807) is 11.8 Å². The van der Waals surface area contributed by atoms with Crippen molar-refractivity contribution in [2.24, 2.45) is 0 Å². The molecule has 0 aliphatic rings. The van der Waals surface area contributed by atoms with Crippen LogP contribution in [0, 0.1) is 0 Å². The van der Waals surface area contributed by atoms with E-state index >= 15 is 0 Å². The monoisotopic (exact) mass is 514 g/mol. The summed E-state index contributed by atoms with van der Waals surface area (Å²) in [6, 6.07) is 16.5. The van der Waals surface area contributed by atoms with E-state index in [1.807, 2.05) is 36.4 Å². The molecule has 0 aliphatic heterocycles. The number of alkyl halides is 3. The molecule has 4 aromatic rings. The van der Waals surface area contributed by atoms with Crippen molar-refractivity contribution in [2.75, 3.05) is 17.7 Å². The van der Waals surface area contributed by atoms with E-state index in [2.05, 4.69) is 10.3 Å². The quantitative estimate of drug-likeness (QED) is 0.169. The van der Waals surface area contributed by atoms with Gasteiger partial charge in [0, 0.05) is 28.2 Å². The van der Waals surface area contributed by atoms with Crippen LogP contribution in [0.5, 0.6) is 5.75 Å². The lowest BCUT2D eigenvalue weighted by Crippen LogP contribution is -2.10. The van der Waals surface area contributed by atoms with Crippen LogP contribution >= 0.6 is 11.8 Å². The number of ether oxygens (including phenoxy) is 1. The predicted molar refractivity (Wildman–Crippen MR) is 136 cm³/mol. The van der Waals surface area contributed by atoms with E-state index < -0.39 is 11.7 Å². The number of nitrogens with zero attached hydrogens (tertiary/aromatic N) is 1. The van der Waals surface area contributed by atoms with Gasteiger partial charge in [0.2, 0.25) is 11.2 Å². The minimum absolute atomic E-state index is 0.189. The second kappa shape index (κ2) is 12.0. The van der Waals surface area contributed by atoms with Gasteiger partial charge in [-0.15, -0.1) is 11.8 Å². The van der Waals surface area contributed by atoms with Gasteiger partial charge in [0.05, 0.1) is 24.2 Å². The van der Waals surface area contributed by atoms with E-state index in [4.69, 9.17) is 9.15 Å². The highest BCUT2D eigenvalue weighted by atomic mass is 32.2. The molecule has 0 radical (unpaired) electrons. The third-order valence-corrected chi connectivity index (χ3v) is 6.59. The molecule has 0 unspecified atom stereocenters. The number of anilines is 1. The van der Waals surface area contributed by atoms with Gasteiger partial charge < -0.3 is 14.5 Å². The molecule has 0 atom stereocenters. The largest absolute Gasteiger partial charge is 0.487 e. The first-order chi connectivity index (χ1) is 17.4. The van der Waals surface area contributed by atoms with Crippen molar-refractivity contribution in [3.8, 4) is 5.75 Å². The Bertz CT molecular complexity index is 1340. The van der Waals surface area contributed by atoms with E-state index in [-0.39, 0.29) is 11.2 Å². The fourth-order valence-corrected chi connectivity index (χ4v) is 4.60. The third kappa shape index (κ3) is 7.04. The van der Waals surface area contributed by atoms with Gasteiger partial charge in [-0.05, 0) is 55.3 Å². The van der Waals surface area contributed by atoms with Crippen molar-refractivity contribution < 1.29 is 22.3 Å². The Morgan fingerprint density at radius 2 is 1.83 bits per heavy atom. The summed E-state index contributed by atoms with van der Waals surface area (Å²) in [5, 5.41) is 3.90. The summed E-state index contributed by atoms with van der Waals surface area (Å²) in [7, 11) is 0. The Morgan fingerprint density at radius 1 is 1.00 bits per heavy atom. The first-order valence-electron chi connectivity index (χ1n) is 11.5. The zero-order valence-corrected chi connectivity index (χ0v) is 20.2. The van der Waals surface area contributed by atoms with E-state index in [0.717, 1.165) is 47.7 Å². The molecule has 188 valence electrons. The molecule has 36 heavy (non-hydrogen) atoms. The second-order valence-corrected chi connectivity index (χ2v) is 9.23. The van der Waals surface area contributed by atoms with Gasteiger partial charge in [0.25, 0.3) is 0 Å². The Labute approximate surface area is 210 Å². The van der Waals surface area contributed by atoms with Gasteiger partial charge in [-0.25, -0.2) is 0 Å². The van der Waals surface area contributed by atoms with Crippen LogP contribution in [0.3, 0.4) is 0 Å². The van der Waals surface area contributed by atoms with Crippen molar-refractivity contribution in [3.05, 3.63) is 94.7 Å². The molecule has 5 nitrogen and oxygen atoms in total. The lowest BCUT2D eigenvalue weighted by atomic mass is 10.1. The van der Waals surface area contributed by atoms with Crippen molar-refractivity contribution in [1.82, 2.24) is 4.98 Å². The number of rotatable bonds is 11. The number of hydrogen-bond acceptors (Lipinski definition) is 6. The fraction of sp³-hybridized carbons (Fsp3) is 0.259. The fourth-order valence-electron chi connectivity index (χ4n) is 3.55. The highest BCUT2D eigenvalue weighted by Gasteiger charge is 2.30. The molecule has 2 aromatic carbocycles. The summed E-state index contributed by atoms with van der Waals surface area (Å²) in [6.07, 6.45) is 1.05. The van der Waals surface area contributed by atoms with Crippen LogP contribution in [-0.2, 0) is 12.7 Å². The van der Waals surface area contributed by atoms with Crippen LogP contribution in [-0.4, -0.2) is 17.3 Å². The standard InChI is InChI=1S/C27H25F3N2O3S/c28-27(29,30)19-9-10-22-23(15-19)31-12-11-26(22)36-14-6-2-5-13-34-25-18-35-21(16-24(25)33)17-32-20-7-3-1-4-8-20/h1,3-4,7-12,15-16,18,32H,2,5-6,13-14,17H2. The Balaban J connectivity index is 1.18. The number of aromatic nitrogens is 1. The van der Waals surface area contributed by atoms with Crippen LogP contribution in [0.25, 0.3) is 10.9 Å². The smallest absolute Gasteiger partial charge is 0.416 e. The lowest BCUT2D eigenvalue weighted by molar-refractivity contribution is -0.137. The number of pyridine rings is 1. The minimum atomic E-state index is -4.39. The number of thioether (sulfide) groups is 1. The van der Waals surface area contributed by atoms with Crippen LogP contribution in [0.4, 0.5) is 18.9 Å². The molecule has 0 amide bonds. The lowest BCUT2D eigenvalue weighted by Gasteiger charge is -2.10. The molecule has 0 saturated heterocycles. The molecule has 2 heterocycles. The molecule has 9 heteroatoms. The maximum absolute atomic E-state index is 12.9. The molecule has 0 aliphatic carbocycles. The first kappa shape index (κ1) is 25.6. The van der Waals surface area contributed by atoms with E-state index in [1.165, 1.54) is 24.6 Å². The van der Waals surface area contributed by atoms with Crippen molar-refractivity contribution in [1.29, 1.82) is 0 Å². The zero-order valence-electron chi connectivity index (χ0n) is 19.4. The average molecular weight is 515 g/mol. The number of nitrogens with one attached hydrogen (secondary N) is 1. The summed E-state index contributed by atoms with van der Waals surface area (Å²) in [4.78, 5) is 17.3. The van der Waals surface area contributed by atoms with E-state index in [9.17, 15) is 18.0 Å². The molecule has 2 aromatic heterocycles. The van der Waals surface area contributed by atoms with Gasteiger partial charge in [0.1, 0.15) is 12.0 Å². The van der Waals surface area contributed by atoms with Gasteiger partial charge in [-0.1, -0.05) is 24.3 Å². The summed E-state index contributed by atoms with van der Waals surface area (Å²) in [5.41, 5.74) is 0.354. The van der Waals surface area contributed by atoms with E-state index in [0.29, 0.717) is 29.8 Å². The molecule has 0 saturated carbocycles. The molecular weight excluding hydrogens is 489 g/mol.